The number of hydrogen-bond acceptors (Lipinski definition) is 5. The molecule has 0 aliphatic carbocycles. The summed E-state index contributed by atoms with van der Waals surface area (Å²) in [7, 11) is 0. The molecule has 92 valence electrons. The van der Waals surface area contributed by atoms with Crippen LogP contribution in [-0.4, -0.2) is 27.2 Å². The van der Waals surface area contributed by atoms with E-state index in [0.717, 1.165) is 5.52 Å². The van der Waals surface area contributed by atoms with E-state index in [-0.39, 0.29) is 5.56 Å². The van der Waals surface area contributed by atoms with Crippen LogP contribution in [0.3, 0.4) is 0 Å². The highest BCUT2D eigenvalue weighted by atomic mass is 32.1. The van der Waals surface area contributed by atoms with Crippen molar-refractivity contribution in [2.75, 3.05) is 6.54 Å². The Kier molecular flexibility index (Phi) is 3.28. The van der Waals surface area contributed by atoms with E-state index < -0.39 is 5.60 Å². The molecule has 2 rings (SSSR count). The predicted molar refractivity (Wildman–Crippen MR) is 68.2 cm³/mol. The van der Waals surface area contributed by atoms with E-state index in [1.807, 2.05) is 11.4 Å². The van der Waals surface area contributed by atoms with Crippen molar-refractivity contribution in [3.8, 4) is 0 Å². The van der Waals surface area contributed by atoms with E-state index in [1.54, 1.807) is 13.8 Å². The Hall–Kier alpha value is -1.24. The highest BCUT2D eigenvalue weighted by molar-refractivity contribution is 7.17. The molecule has 0 spiro atoms. The molecule has 17 heavy (non-hydrogen) atoms. The third kappa shape index (κ3) is 3.12. The number of rotatable bonds is 4. The van der Waals surface area contributed by atoms with E-state index in [0.29, 0.717) is 23.6 Å². The Labute approximate surface area is 103 Å². The van der Waals surface area contributed by atoms with Crippen molar-refractivity contribution < 1.29 is 5.11 Å². The predicted octanol–water partition coefficient (Wildman–Crippen LogP) is 0.845. The Morgan fingerprint density at radius 2 is 2.35 bits per heavy atom. The topological polar surface area (TPSA) is 78.0 Å². The van der Waals surface area contributed by atoms with Gasteiger partial charge in [-0.2, -0.15) is 0 Å². The van der Waals surface area contributed by atoms with E-state index in [4.69, 9.17) is 0 Å². The van der Waals surface area contributed by atoms with Gasteiger partial charge in [0.1, 0.15) is 10.5 Å². The minimum Gasteiger partial charge on any atom is -0.389 e. The van der Waals surface area contributed by atoms with Gasteiger partial charge in [0, 0.05) is 6.54 Å². The molecule has 0 saturated carbocycles. The summed E-state index contributed by atoms with van der Waals surface area (Å²) in [4.78, 5) is 18.7. The van der Waals surface area contributed by atoms with Crippen LogP contribution in [0.25, 0.3) is 10.2 Å². The van der Waals surface area contributed by atoms with Crippen molar-refractivity contribution in [2.24, 2.45) is 0 Å². The molecule has 0 aliphatic heterocycles. The first-order valence-corrected chi connectivity index (χ1v) is 6.23. The Balaban J connectivity index is 2.11. The zero-order chi connectivity index (χ0) is 12.5. The molecule has 0 bridgehead atoms. The largest absolute Gasteiger partial charge is 0.389 e. The van der Waals surface area contributed by atoms with Gasteiger partial charge in [-0.05, 0) is 25.3 Å². The van der Waals surface area contributed by atoms with Gasteiger partial charge < -0.3 is 15.4 Å². The zero-order valence-corrected chi connectivity index (χ0v) is 10.6. The average Bonchev–Trinajstić information content (AvgIpc) is 2.64. The van der Waals surface area contributed by atoms with Crippen LogP contribution < -0.4 is 10.9 Å². The molecule has 0 aromatic carbocycles. The fraction of sp³-hybridized carbons (Fsp3) is 0.455. The molecule has 3 N–H and O–H groups in total. The summed E-state index contributed by atoms with van der Waals surface area (Å²) in [6, 6.07) is 1.83. The standard InChI is InChI=1S/C11H15N3O2S/c1-11(2,16)6-12-5-8-13-7-3-4-17-9(7)10(15)14-8/h3-4,12,16H,5-6H2,1-2H3,(H,13,14,15). The van der Waals surface area contributed by atoms with E-state index in [9.17, 15) is 9.90 Å². The van der Waals surface area contributed by atoms with Crippen molar-refractivity contribution in [1.82, 2.24) is 15.3 Å². The number of fused-ring (bicyclic) bond motifs is 1. The van der Waals surface area contributed by atoms with E-state index >= 15 is 0 Å². The number of thiophene rings is 1. The maximum Gasteiger partial charge on any atom is 0.268 e. The van der Waals surface area contributed by atoms with Crippen molar-refractivity contribution in [3.05, 3.63) is 27.6 Å². The third-order valence-electron chi connectivity index (χ3n) is 2.21. The van der Waals surface area contributed by atoms with Crippen LogP contribution in [0.1, 0.15) is 19.7 Å². The molecule has 0 radical (unpaired) electrons. The normalized spacial score (nSPS) is 12.2. The second kappa shape index (κ2) is 4.56. The molecule has 0 atom stereocenters. The molecular weight excluding hydrogens is 238 g/mol. The summed E-state index contributed by atoms with van der Waals surface area (Å²) < 4.78 is 0.649. The number of nitrogens with zero attached hydrogens (tertiary/aromatic N) is 1. The quantitative estimate of drug-likeness (QED) is 0.754. The number of aromatic amines is 1. The molecule has 2 aromatic rings. The van der Waals surface area contributed by atoms with Crippen LogP contribution in [0.15, 0.2) is 16.2 Å². The first-order valence-electron chi connectivity index (χ1n) is 5.35. The van der Waals surface area contributed by atoms with Crippen LogP contribution in [0.5, 0.6) is 0 Å². The molecule has 0 aliphatic rings. The Morgan fingerprint density at radius 3 is 3.06 bits per heavy atom. The minimum absolute atomic E-state index is 0.106. The summed E-state index contributed by atoms with van der Waals surface area (Å²) in [5, 5.41) is 14.4. The van der Waals surface area contributed by atoms with Gasteiger partial charge >= 0.3 is 0 Å². The first-order chi connectivity index (χ1) is 7.96. The molecule has 6 heteroatoms. The lowest BCUT2D eigenvalue weighted by Gasteiger charge is -2.17. The highest BCUT2D eigenvalue weighted by Gasteiger charge is 2.11. The van der Waals surface area contributed by atoms with Crippen LogP contribution in [0.2, 0.25) is 0 Å². The first kappa shape index (κ1) is 12.2. The average molecular weight is 253 g/mol. The van der Waals surface area contributed by atoms with Crippen LogP contribution in [0.4, 0.5) is 0 Å². The van der Waals surface area contributed by atoms with Crippen LogP contribution in [0, 0.1) is 0 Å². The van der Waals surface area contributed by atoms with Crippen molar-refractivity contribution in [2.45, 2.75) is 26.0 Å². The van der Waals surface area contributed by atoms with Gasteiger partial charge in [0.05, 0.1) is 17.7 Å². The van der Waals surface area contributed by atoms with E-state index in [1.165, 1.54) is 11.3 Å². The molecule has 0 saturated heterocycles. The molecule has 0 amide bonds. The molecule has 0 fully saturated rings. The Bertz CT molecular complexity index is 568. The molecule has 2 heterocycles. The fourth-order valence-electron chi connectivity index (χ4n) is 1.49. The minimum atomic E-state index is -0.771. The lowest BCUT2D eigenvalue weighted by Crippen LogP contribution is -2.35. The van der Waals surface area contributed by atoms with Gasteiger partial charge in [0.25, 0.3) is 5.56 Å². The summed E-state index contributed by atoms with van der Waals surface area (Å²) in [6.07, 6.45) is 0. The maximum atomic E-state index is 11.7. The highest BCUT2D eigenvalue weighted by Crippen LogP contribution is 2.13. The number of aliphatic hydroxyl groups is 1. The number of aromatic nitrogens is 2. The fourth-order valence-corrected chi connectivity index (χ4v) is 2.22. The van der Waals surface area contributed by atoms with Gasteiger partial charge in [-0.15, -0.1) is 11.3 Å². The van der Waals surface area contributed by atoms with Crippen molar-refractivity contribution in [3.63, 3.8) is 0 Å². The van der Waals surface area contributed by atoms with Crippen LogP contribution >= 0.6 is 11.3 Å². The lowest BCUT2D eigenvalue weighted by atomic mass is 10.1. The number of nitrogens with one attached hydrogen (secondary N) is 2. The summed E-state index contributed by atoms with van der Waals surface area (Å²) >= 11 is 1.38. The van der Waals surface area contributed by atoms with Crippen molar-refractivity contribution in [1.29, 1.82) is 0 Å². The van der Waals surface area contributed by atoms with Crippen molar-refractivity contribution >= 4 is 21.6 Å². The van der Waals surface area contributed by atoms with Gasteiger partial charge in [0.2, 0.25) is 0 Å². The summed E-state index contributed by atoms with van der Waals surface area (Å²) in [5.41, 5.74) is -0.156. The second-order valence-corrected chi connectivity index (χ2v) is 5.48. The van der Waals surface area contributed by atoms with Crippen LogP contribution in [-0.2, 0) is 6.54 Å². The number of H-pyrrole nitrogens is 1. The molecule has 2 aromatic heterocycles. The molecule has 0 unspecified atom stereocenters. The van der Waals surface area contributed by atoms with Gasteiger partial charge in [-0.1, -0.05) is 0 Å². The maximum absolute atomic E-state index is 11.7. The van der Waals surface area contributed by atoms with Gasteiger partial charge in [-0.3, -0.25) is 4.79 Å². The third-order valence-corrected chi connectivity index (χ3v) is 3.12. The molecular formula is C11H15N3O2S. The summed E-state index contributed by atoms with van der Waals surface area (Å²) in [6.45, 7) is 4.32. The Morgan fingerprint density at radius 1 is 1.59 bits per heavy atom. The second-order valence-electron chi connectivity index (χ2n) is 4.56. The lowest BCUT2D eigenvalue weighted by molar-refractivity contribution is 0.0793. The number of hydrogen-bond donors (Lipinski definition) is 3. The zero-order valence-electron chi connectivity index (χ0n) is 9.78. The van der Waals surface area contributed by atoms with Gasteiger partial charge in [-0.25, -0.2) is 4.98 Å². The van der Waals surface area contributed by atoms with Gasteiger partial charge in [0.15, 0.2) is 0 Å². The summed E-state index contributed by atoms with van der Waals surface area (Å²) in [5.74, 6) is 0.588. The smallest absolute Gasteiger partial charge is 0.268 e. The monoisotopic (exact) mass is 253 g/mol. The van der Waals surface area contributed by atoms with E-state index in [2.05, 4.69) is 15.3 Å². The SMILES string of the molecule is CC(C)(O)CNCc1nc2ccsc2c(=O)[nH]1. The molecule has 5 nitrogen and oxygen atoms in total.